The van der Waals surface area contributed by atoms with E-state index in [-0.39, 0.29) is 63.1 Å². The molecule has 0 aromatic heterocycles. The average molecular weight is 1360 g/mol. The second-order valence-corrected chi connectivity index (χ2v) is 26.6. The lowest BCUT2D eigenvalue weighted by Crippen LogP contribution is -2.28. The highest BCUT2D eigenvalue weighted by atomic mass is 16.6. The summed E-state index contributed by atoms with van der Waals surface area (Å²) in [5.41, 5.74) is 0. The van der Waals surface area contributed by atoms with Crippen LogP contribution in [0.1, 0.15) is 400 Å². The van der Waals surface area contributed by atoms with Crippen molar-refractivity contribution in [3.8, 4) is 0 Å². The molecule has 0 saturated carbocycles. The molecule has 562 valence electrons. The Balaban J connectivity index is -0.00000161. The van der Waals surface area contributed by atoms with E-state index in [1.54, 1.807) is 0 Å². The maximum Gasteiger partial charge on any atom is 0.306 e. The van der Waals surface area contributed by atoms with Crippen LogP contribution in [0.5, 0.6) is 0 Å². The Kier molecular flexibility index (Phi) is 83.0. The molecule has 0 amide bonds. The van der Waals surface area contributed by atoms with E-state index in [0.29, 0.717) is 25.7 Å². The number of aliphatic hydroxyl groups excluding tert-OH is 2. The van der Waals surface area contributed by atoms with Crippen LogP contribution in [0.3, 0.4) is 0 Å². The molecule has 2 unspecified atom stereocenters. The van der Waals surface area contributed by atoms with Crippen molar-refractivity contribution in [2.24, 2.45) is 0 Å². The highest BCUT2D eigenvalue weighted by molar-refractivity contribution is 5.75. The first-order valence-corrected chi connectivity index (χ1v) is 39.9. The first-order chi connectivity index (χ1) is 46.9. The Labute approximate surface area is 588 Å². The zero-order chi connectivity index (χ0) is 70.9. The van der Waals surface area contributed by atoms with Crippen molar-refractivity contribution in [2.45, 2.75) is 412 Å². The number of unbranched alkanes of at least 4 members (excludes halogenated alkanes) is 44. The van der Waals surface area contributed by atoms with Gasteiger partial charge in [0.2, 0.25) is 0 Å². The predicted molar refractivity (Wildman–Crippen MR) is 398 cm³/mol. The van der Waals surface area contributed by atoms with Crippen molar-refractivity contribution in [2.75, 3.05) is 26.4 Å². The van der Waals surface area contributed by atoms with Gasteiger partial charge in [0.1, 0.15) is 13.2 Å². The second kappa shape index (κ2) is 83.1. The molecule has 2 atom stereocenters. The lowest BCUT2D eigenvalue weighted by atomic mass is 10.1. The highest BCUT2D eigenvalue weighted by Gasteiger charge is 2.18. The van der Waals surface area contributed by atoms with Gasteiger partial charge in [-0.05, 0) is 128 Å². The standard InChI is InChI=1S/2C39H72O5.C4H6O4/c2*1-3-5-7-9-11-13-15-17-19-21-23-25-27-29-31-33-38(41)43-36-37(35-40)44-39(42)34-32-30-28-26-24-22-20-18-16-14-12-10-8-6-4-2;5-3(6)1-2-4(7)8/h2*17-20,37,40H,3-16,21-36H2,1-2H3;1-2H2,(H,5,6)(H,7,8)/b2*19-17-,20-18-;. The summed E-state index contributed by atoms with van der Waals surface area (Å²) < 4.78 is 21.1. The van der Waals surface area contributed by atoms with Crippen LogP contribution in [0.25, 0.3) is 0 Å². The average Bonchev–Trinajstić information content (AvgIpc) is 3.79. The van der Waals surface area contributed by atoms with Crippen LogP contribution in [0.2, 0.25) is 0 Å². The minimum absolute atomic E-state index is 0.0709. The zero-order valence-corrected chi connectivity index (χ0v) is 62.5. The fourth-order valence-electron chi connectivity index (χ4n) is 10.8. The molecular weight excluding hydrogens is 1210 g/mol. The lowest BCUT2D eigenvalue weighted by molar-refractivity contribution is -0.161. The Bertz CT molecular complexity index is 1680. The number of hydrogen-bond donors (Lipinski definition) is 4. The van der Waals surface area contributed by atoms with Crippen molar-refractivity contribution >= 4 is 35.8 Å². The fourth-order valence-corrected chi connectivity index (χ4v) is 10.8. The van der Waals surface area contributed by atoms with Gasteiger partial charge in [0.05, 0.1) is 26.1 Å². The number of carboxylic acids is 2. The molecule has 0 aromatic rings. The van der Waals surface area contributed by atoms with Gasteiger partial charge in [-0.1, -0.05) is 282 Å². The molecule has 0 radical (unpaired) electrons. The molecule has 4 N–H and O–H groups in total. The van der Waals surface area contributed by atoms with E-state index in [2.05, 4.69) is 76.3 Å². The first-order valence-electron chi connectivity index (χ1n) is 39.9. The number of hydrogen-bond acceptors (Lipinski definition) is 12. The molecule has 96 heavy (non-hydrogen) atoms. The fraction of sp³-hybridized carbons (Fsp3) is 0.829. The molecule has 14 heteroatoms. The van der Waals surface area contributed by atoms with Crippen LogP contribution in [-0.2, 0) is 47.7 Å². The predicted octanol–water partition coefficient (Wildman–Crippen LogP) is 23.0. The molecule has 0 heterocycles. The van der Waals surface area contributed by atoms with Crippen molar-refractivity contribution in [3.63, 3.8) is 0 Å². The molecule has 0 aliphatic rings. The molecule has 0 fully saturated rings. The van der Waals surface area contributed by atoms with E-state index in [4.69, 9.17) is 29.2 Å². The van der Waals surface area contributed by atoms with E-state index in [9.17, 15) is 39.0 Å². The lowest BCUT2D eigenvalue weighted by Gasteiger charge is -2.15. The van der Waals surface area contributed by atoms with Crippen molar-refractivity contribution < 1.29 is 68.1 Å². The van der Waals surface area contributed by atoms with Crippen molar-refractivity contribution in [3.05, 3.63) is 48.6 Å². The molecule has 14 nitrogen and oxygen atoms in total. The van der Waals surface area contributed by atoms with Crippen LogP contribution in [-0.4, -0.2) is 94.9 Å². The largest absolute Gasteiger partial charge is 0.481 e. The molecule has 0 aliphatic carbocycles. The maximum atomic E-state index is 12.1. The molecule has 0 rings (SSSR count). The van der Waals surface area contributed by atoms with E-state index >= 15 is 0 Å². The summed E-state index contributed by atoms with van der Waals surface area (Å²) in [7, 11) is 0. The Hall–Kier alpha value is -4.30. The number of carbonyl (C=O) groups is 6. The van der Waals surface area contributed by atoms with Gasteiger partial charge in [-0.25, -0.2) is 0 Å². The first kappa shape index (κ1) is 95.9. The van der Waals surface area contributed by atoms with Gasteiger partial charge in [0, 0.05) is 25.7 Å². The van der Waals surface area contributed by atoms with Crippen LogP contribution in [0.4, 0.5) is 0 Å². The molecule has 0 bridgehead atoms. The third-order valence-electron chi connectivity index (χ3n) is 17.0. The van der Waals surface area contributed by atoms with Crippen molar-refractivity contribution in [1.29, 1.82) is 0 Å². The van der Waals surface area contributed by atoms with Crippen LogP contribution < -0.4 is 0 Å². The van der Waals surface area contributed by atoms with Gasteiger partial charge in [0.15, 0.2) is 12.2 Å². The van der Waals surface area contributed by atoms with Crippen LogP contribution >= 0.6 is 0 Å². The maximum absolute atomic E-state index is 12.1. The van der Waals surface area contributed by atoms with Crippen molar-refractivity contribution in [1.82, 2.24) is 0 Å². The third kappa shape index (κ3) is 85.8. The number of esters is 4. The Morgan fingerprint density at radius 1 is 0.250 bits per heavy atom. The minimum atomic E-state index is -1.08. The number of aliphatic carboxylic acids is 2. The van der Waals surface area contributed by atoms with Gasteiger partial charge in [-0.3, -0.25) is 28.8 Å². The van der Waals surface area contributed by atoms with E-state index in [1.165, 1.54) is 231 Å². The van der Waals surface area contributed by atoms with Gasteiger partial charge >= 0.3 is 35.8 Å². The topological polar surface area (TPSA) is 220 Å². The Morgan fingerprint density at radius 2 is 0.427 bits per heavy atom. The second-order valence-electron chi connectivity index (χ2n) is 26.6. The van der Waals surface area contributed by atoms with Gasteiger partial charge in [-0.2, -0.15) is 0 Å². The number of ether oxygens (including phenoxy) is 4. The number of rotatable bonds is 71. The Morgan fingerprint density at radius 3 is 0.615 bits per heavy atom. The summed E-state index contributed by atoms with van der Waals surface area (Å²) in [6, 6.07) is 0. The highest BCUT2D eigenvalue weighted by Crippen LogP contribution is 2.17. The van der Waals surface area contributed by atoms with Gasteiger partial charge < -0.3 is 39.4 Å². The smallest absolute Gasteiger partial charge is 0.306 e. The summed E-state index contributed by atoms with van der Waals surface area (Å²) >= 11 is 0. The van der Waals surface area contributed by atoms with E-state index in [0.717, 1.165) is 103 Å². The molecule has 0 saturated heterocycles. The molecule has 0 aromatic carbocycles. The van der Waals surface area contributed by atoms with Gasteiger partial charge in [0.25, 0.3) is 0 Å². The molecule has 0 aliphatic heterocycles. The third-order valence-corrected chi connectivity index (χ3v) is 17.0. The summed E-state index contributed by atoms with van der Waals surface area (Å²) in [4.78, 5) is 67.7. The molecular formula is C82H150O14. The zero-order valence-electron chi connectivity index (χ0n) is 62.5. The van der Waals surface area contributed by atoms with Crippen LogP contribution in [0, 0.1) is 0 Å². The summed E-state index contributed by atoms with van der Waals surface area (Å²) in [5.74, 6) is -3.37. The SMILES string of the molecule is CCCCCCCC/C=C\CCCCCCCC(=O)OCC(CO)OC(=O)CCCCCCC/C=C\CCCCCCCC.CCCCCCCC/C=C\CCCCCCCC(=O)OCC(CO)OC(=O)CCCCCCC/C=C\CCCCCCCC.O=C(O)CCC(=O)O. The summed E-state index contributed by atoms with van der Waals surface area (Å²) in [6.07, 6.45) is 81.2. The summed E-state index contributed by atoms with van der Waals surface area (Å²) in [5, 5.41) is 34.9. The van der Waals surface area contributed by atoms with Crippen LogP contribution in [0.15, 0.2) is 48.6 Å². The minimum Gasteiger partial charge on any atom is -0.481 e. The quantitative estimate of drug-likeness (QED) is 0.0193. The molecule has 0 spiro atoms. The number of carbonyl (C=O) groups excluding carboxylic acids is 4. The summed E-state index contributed by atoms with van der Waals surface area (Å²) in [6.45, 7) is 8.22. The van der Waals surface area contributed by atoms with Gasteiger partial charge in [-0.15, -0.1) is 0 Å². The number of aliphatic hydroxyl groups is 2. The van der Waals surface area contributed by atoms with E-state index in [1.807, 2.05) is 0 Å². The number of allylic oxidation sites excluding steroid dienone is 8. The van der Waals surface area contributed by atoms with E-state index < -0.39 is 24.1 Å². The monoisotopic (exact) mass is 1360 g/mol. The normalized spacial score (nSPS) is 12.0. The number of carboxylic acid groups (broad SMARTS) is 2.